The average Bonchev–Trinajstić information content (AvgIpc) is 3.20. The van der Waals surface area contributed by atoms with E-state index < -0.39 is 21.3 Å². The summed E-state index contributed by atoms with van der Waals surface area (Å²) >= 11 is 0. The number of amides is 1. The third kappa shape index (κ3) is 4.90. The van der Waals surface area contributed by atoms with Gasteiger partial charge in [-0.1, -0.05) is 32.0 Å². The van der Waals surface area contributed by atoms with Crippen LogP contribution in [0.25, 0.3) is 0 Å². The largest absolute Gasteiger partial charge is 0.493 e. The molecule has 2 aromatic rings. The van der Waals surface area contributed by atoms with Gasteiger partial charge in [-0.05, 0) is 35.2 Å². The molecule has 0 saturated carbocycles. The lowest BCUT2D eigenvalue weighted by molar-refractivity contribution is -0.125. The van der Waals surface area contributed by atoms with Crippen LogP contribution < -0.4 is 15.2 Å². The lowest BCUT2D eigenvalue weighted by atomic mass is 9.83. The van der Waals surface area contributed by atoms with Crippen LogP contribution in [0.2, 0.25) is 0 Å². The maximum absolute atomic E-state index is 13.4. The van der Waals surface area contributed by atoms with Crippen LogP contribution in [0.4, 0.5) is 0 Å². The topological polar surface area (TPSA) is 108 Å². The van der Waals surface area contributed by atoms with E-state index in [0.29, 0.717) is 24.5 Å². The molecule has 174 valence electrons. The molecule has 1 aliphatic rings. The summed E-state index contributed by atoms with van der Waals surface area (Å²) in [5.41, 5.74) is 7.60. The molecule has 0 saturated heterocycles. The smallest absolute Gasteiger partial charge is 0.243 e. The Morgan fingerprint density at radius 3 is 2.50 bits per heavy atom. The molecule has 32 heavy (non-hydrogen) atoms. The molecule has 1 aliphatic heterocycles. The molecule has 0 atom stereocenters. The maximum Gasteiger partial charge on any atom is 0.243 e. The second-order valence-corrected chi connectivity index (χ2v) is 10.3. The number of nitrogens with two attached hydrogens (primary N) is 1. The van der Waals surface area contributed by atoms with Crippen LogP contribution in [0, 0.1) is 5.41 Å². The van der Waals surface area contributed by atoms with Gasteiger partial charge in [0, 0.05) is 31.7 Å². The number of methoxy groups -OCH3 is 2. The van der Waals surface area contributed by atoms with Crippen molar-refractivity contribution in [1.82, 2.24) is 4.31 Å². The van der Waals surface area contributed by atoms with Gasteiger partial charge in [0.25, 0.3) is 0 Å². The van der Waals surface area contributed by atoms with Gasteiger partial charge in [0.1, 0.15) is 6.61 Å². The third-order valence-corrected chi connectivity index (χ3v) is 7.46. The molecule has 0 fully saturated rings. The molecule has 1 heterocycles. The summed E-state index contributed by atoms with van der Waals surface area (Å²) < 4.78 is 44.2. The summed E-state index contributed by atoms with van der Waals surface area (Å²) in [5.74, 6) is 0.392. The van der Waals surface area contributed by atoms with Crippen molar-refractivity contribution < 1.29 is 27.4 Å². The minimum absolute atomic E-state index is 0.123. The van der Waals surface area contributed by atoms with E-state index in [9.17, 15) is 13.2 Å². The van der Waals surface area contributed by atoms with Crippen molar-refractivity contribution in [2.45, 2.75) is 38.3 Å². The van der Waals surface area contributed by atoms with Crippen molar-refractivity contribution in [3.05, 3.63) is 53.1 Å². The molecule has 0 aliphatic carbocycles. The summed E-state index contributed by atoms with van der Waals surface area (Å²) in [6, 6.07) is 10.3. The van der Waals surface area contributed by atoms with Crippen LogP contribution in [0.3, 0.4) is 0 Å². The van der Waals surface area contributed by atoms with E-state index in [4.69, 9.17) is 19.9 Å². The van der Waals surface area contributed by atoms with Crippen molar-refractivity contribution in [1.29, 1.82) is 0 Å². The maximum atomic E-state index is 13.4. The second-order valence-electron chi connectivity index (χ2n) is 8.41. The highest BCUT2D eigenvalue weighted by molar-refractivity contribution is 7.89. The number of hydrogen-bond donors (Lipinski definition) is 1. The number of benzene rings is 2. The SMILES string of the molecule is COCCOc1cc(S(=O)(=O)N2Cc3cccc(CC(C)(C)C(N)=O)c3C2)ccc1OC. The zero-order chi connectivity index (χ0) is 23.5. The number of carbonyl (C=O) groups excluding carboxylic acids is 1. The number of fused-ring (bicyclic) bond motifs is 1. The molecule has 2 aromatic carbocycles. The Kier molecular flexibility index (Phi) is 7.12. The summed E-state index contributed by atoms with van der Waals surface area (Å²) in [6.07, 6.45) is 0.444. The van der Waals surface area contributed by atoms with Crippen LogP contribution >= 0.6 is 0 Å². The first-order chi connectivity index (χ1) is 15.1. The monoisotopic (exact) mass is 462 g/mol. The Bertz CT molecular complexity index is 1100. The van der Waals surface area contributed by atoms with E-state index >= 15 is 0 Å². The molecule has 3 rings (SSSR count). The van der Waals surface area contributed by atoms with Crippen molar-refractivity contribution in [3.8, 4) is 11.5 Å². The van der Waals surface area contributed by atoms with Crippen LogP contribution in [-0.4, -0.2) is 46.1 Å². The summed E-state index contributed by atoms with van der Waals surface area (Å²) in [7, 11) is -0.727. The van der Waals surface area contributed by atoms with Gasteiger partial charge < -0.3 is 19.9 Å². The minimum atomic E-state index is -3.79. The van der Waals surface area contributed by atoms with Crippen LogP contribution in [-0.2, 0) is 39.1 Å². The molecule has 0 bridgehead atoms. The van der Waals surface area contributed by atoms with Crippen molar-refractivity contribution in [2.75, 3.05) is 27.4 Å². The van der Waals surface area contributed by atoms with Crippen LogP contribution in [0.5, 0.6) is 11.5 Å². The van der Waals surface area contributed by atoms with Gasteiger partial charge in [0.2, 0.25) is 15.9 Å². The van der Waals surface area contributed by atoms with E-state index in [1.807, 2.05) is 18.2 Å². The number of primary amides is 1. The standard InChI is InChI=1S/C23H30N2O6S/c1-23(2,22(24)26)13-16-6-5-7-17-14-25(15-19(16)17)32(27,28)18-8-9-20(30-4)21(12-18)31-11-10-29-3/h5-9,12H,10-11,13-15H2,1-4H3,(H2,24,26). The first-order valence-electron chi connectivity index (χ1n) is 10.3. The fourth-order valence-corrected chi connectivity index (χ4v) is 5.08. The number of sulfonamides is 1. The van der Waals surface area contributed by atoms with Crippen LogP contribution in [0.15, 0.2) is 41.3 Å². The molecule has 0 radical (unpaired) electrons. The Morgan fingerprint density at radius 2 is 1.84 bits per heavy atom. The predicted octanol–water partition coefficient (Wildman–Crippen LogP) is 2.48. The zero-order valence-corrected chi connectivity index (χ0v) is 19.7. The fourth-order valence-electron chi connectivity index (χ4n) is 3.67. The van der Waals surface area contributed by atoms with Gasteiger partial charge in [-0.2, -0.15) is 4.31 Å². The van der Waals surface area contributed by atoms with Gasteiger partial charge >= 0.3 is 0 Å². The summed E-state index contributed by atoms with van der Waals surface area (Å²) in [6.45, 7) is 4.71. The number of carbonyl (C=O) groups is 1. The fraction of sp³-hybridized carbons (Fsp3) is 0.435. The number of rotatable bonds is 10. The highest BCUT2D eigenvalue weighted by Crippen LogP contribution is 2.36. The highest BCUT2D eigenvalue weighted by Gasteiger charge is 2.34. The number of hydrogen-bond acceptors (Lipinski definition) is 6. The van der Waals surface area contributed by atoms with Gasteiger partial charge in [0.15, 0.2) is 11.5 Å². The summed E-state index contributed by atoms with van der Waals surface area (Å²) in [4.78, 5) is 11.9. The lowest BCUT2D eigenvalue weighted by Gasteiger charge is -2.22. The Hall–Kier alpha value is -2.62. The molecule has 2 N–H and O–H groups in total. The van der Waals surface area contributed by atoms with E-state index in [0.717, 1.165) is 16.7 Å². The highest BCUT2D eigenvalue weighted by atomic mass is 32.2. The van der Waals surface area contributed by atoms with Gasteiger partial charge in [-0.15, -0.1) is 0 Å². The molecular weight excluding hydrogens is 432 g/mol. The van der Waals surface area contributed by atoms with Gasteiger partial charge in [-0.3, -0.25) is 4.79 Å². The molecule has 9 heteroatoms. The van der Waals surface area contributed by atoms with E-state index in [2.05, 4.69) is 0 Å². The first-order valence-corrected chi connectivity index (χ1v) is 11.7. The zero-order valence-electron chi connectivity index (χ0n) is 18.9. The lowest BCUT2D eigenvalue weighted by Crippen LogP contribution is -2.33. The Labute approximate surface area is 189 Å². The molecule has 8 nitrogen and oxygen atoms in total. The number of nitrogens with zero attached hydrogens (tertiary/aromatic N) is 1. The van der Waals surface area contributed by atoms with Crippen molar-refractivity contribution >= 4 is 15.9 Å². The second kappa shape index (κ2) is 9.48. The first kappa shape index (κ1) is 24.0. The Balaban J connectivity index is 1.88. The van der Waals surface area contributed by atoms with E-state index in [-0.39, 0.29) is 24.6 Å². The van der Waals surface area contributed by atoms with Crippen molar-refractivity contribution in [3.63, 3.8) is 0 Å². The van der Waals surface area contributed by atoms with E-state index in [1.54, 1.807) is 27.0 Å². The Morgan fingerprint density at radius 1 is 1.09 bits per heavy atom. The molecule has 0 aromatic heterocycles. The number of ether oxygens (including phenoxy) is 3. The molecule has 0 spiro atoms. The van der Waals surface area contributed by atoms with Gasteiger partial charge in [0.05, 0.1) is 18.6 Å². The molecular formula is C23H30N2O6S. The van der Waals surface area contributed by atoms with Crippen molar-refractivity contribution in [2.24, 2.45) is 11.1 Å². The average molecular weight is 463 g/mol. The predicted molar refractivity (Wildman–Crippen MR) is 120 cm³/mol. The molecule has 0 unspecified atom stereocenters. The quantitative estimate of drug-likeness (QED) is 0.544. The summed E-state index contributed by atoms with van der Waals surface area (Å²) in [5, 5.41) is 0. The molecule has 1 amide bonds. The van der Waals surface area contributed by atoms with E-state index in [1.165, 1.54) is 23.5 Å². The van der Waals surface area contributed by atoms with Gasteiger partial charge in [-0.25, -0.2) is 8.42 Å². The third-order valence-electron chi connectivity index (χ3n) is 5.67. The van der Waals surface area contributed by atoms with Crippen LogP contribution in [0.1, 0.15) is 30.5 Å². The minimum Gasteiger partial charge on any atom is -0.493 e. The normalized spacial score (nSPS) is 14.2.